The highest BCUT2D eigenvalue weighted by Gasteiger charge is 2.56. The van der Waals surface area contributed by atoms with Crippen LogP contribution in [0.15, 0.2) is 42.5 Å². The van der Waals surface area contributed by atoms with Gasteiger partial charge < -0.3 is 9.53 Å². The maximum Gasteiger partial charge on any atom is 0.222 e. The molecule has 0 heterocycles. The van der Waals surface area contributed by atoms with Crippen LogP contribution in [0.3, 0.4) is 0 Å². The lowest BCUT2D eigenvalue weighted by Gasteiger charge is -2.46. The molecule has 0 aliphatic heterocycles. The summed E-state index contributed by atoms with van der Waals surface area (Å²) in [5, 5.41) is 13.6. The van der Waals surface area contributed by atoms with Crippen LogP contribution in [-0.2, 0) is 4.43 Å². The molecule has 5 heteroatoms. The first-order valence-electron chi connectivity index (χ1n) is 11.5. The summed E-state index contributed by atoms with van der Waals surface area (Å²) in [7, 11) is -2.17. The molecule has 2 unspecified atom stereocenters. The molecule has 168 valence electrons. The Labute approximate surface area is 191 Å². The highest BCUT2D eigenvalue weighted by Crippen LogP contribution is 2.52. The van der Waals surface area contributed by atoms with E-state index >= 15 is 4.39 Å². The topological polar surface area (TPSA) is 29.5 Å². The normalized spacial score (nSPS) is 15.9. The summed E-state index contributed by atoms with van der Waals surface area (Å²) in [4.78, 5) is 0. The van der Waals surface area contributed by atoms with Crippen LogP contribution in [0, 0.1) is 0 Å². The molecule has 0 aromatic heterocycles. The molecule has 1 N–H and O–H groups in total. The number of aliphatic hydroxyl groups is 1. The minimum Gasteiger partial charge on any atom is -0.406 e. The molecule has 0 radical (unpaired) electrons. The van der Waals surface area contributed by atoms with Crippen LogP contribution in [0.5, 0.6) is 0 Å². The van der Waals surface area contributed by atoms with E-state index in [0.29, 0.717) is 25.7 Å². The predicted octanol–water partition coefficient (Wildman–Crippen LogP) is 8.29. The van der Waals surface area contributed by atoms with Gasteiger partial charge in [-0.1, -0.05) is 89.9 Å². The zero-order chi connectivity index (χ0) is 22.4. The highest BCUT2D eigenvalue weighted by atomic mass is 79.9. The zero-order valence-electron chi connectivity index (χ0n) is 19.2. The van der Waals surface area contributed by atoms with Gasteiger partial charge in [0.15, 0.2) is 8.32 Å². The summed E-state index contributed by atoms with van der Waals surface area (Å²) in [6.07, 6.45) is 1.29. The Hall–Kier alpha value is -0.753. The van der Waals surface area contributed by atoms with Crippen molar-refractivity contribution in [2.75, 3.05) is 0 Å². The summed E-state index contributed by atoms with van der Waals surface area (Å²) >= 11 is 3.42. The van der Waals surface area contributed by atoms with Gasteiger partial charge in [0.1, 0.15) is 11.7 Å². The molecule has 0 bridgehead atoms. The van der Waals surface area contributed by atoms with Crippen LogP contribution in [0.2, 0.25) is 18.1 Å². The van der Waals surface area contributed by atoms with Gasteiger partial charge in [0.05, 0.1) is 0 Å². The number of rotatable bonds is 12. The van der Waals surface area contributed by atoms with Crippen molar-refractivity contribution in [1.82, 2.24) is 0 Å². The molecule has 2 rings (SSSR count). The number of hydrogen-bond donors (Lipinski definition) is 1. The number of fused-ring (bicyclic) bond motifs is 1. The number of hydrogen-bond acceptors (Lipinski definition) is 2. The van der Waals surface area contributed by atoms with Crippen LogP contribution in [0.4, 0.5) is 4.39 Å². The van der Waals surface area contributed by atoms with E-state index in [1.54, 1.807) is 0 Å². The Morgan fingerprint density at radius 3 is 2.00 bits per heavy atom. The summed E-state index contributed by atoms with van der Waals surface area (Å²) < 4.78 is 21.6. The van der Waals surface area contributed by atoms with Crippen LogP contribution in [0.25, 0.3) is 10.8 Å². The molecule has 0 saturated heterocycles. The number of benzene rings is 2. The van der Waals surface area contributed by atoms with E-state index in [4.69, 9.17) is 4.43 Å². The van der Waals surface area contributed by atoms with Crippen molar-refractivity contribution in [1.29, 1.82) is 0 Å². The van der Waals surface area contributed by atoms with Gasteiger partial charge in [-0.2, -0.15) is 0 Å². The Kier molecular flexibility index (Phi) is 9.11. The van der Waals surface area contributed by atoms with Crippen LogP contribution in [-0.4, -0.2) is 23.6 Å². The van der Waals surface area contributed by atoms with Crippen molar-refractivity contribution >= 4 is 35.0 Å². The van der Waals surface area contributed by atoms with Gasteiger partial charge in [-0.25, -0.2) is 4.39 Å². The molecular formula is C25H38BrFO2Si. The molecule has 0 aliphatic rings. The molecule has 2 nitrogen and oxygen atoms in total. The van der Waals surface area contributed by atoms with Crippen molar-refractivity contribution in [3.63, 3.8) is 0 Å². The summed E-state index contributed by atoms with van der Waals surface area (Å²) in [6.45, 7) is 10.4. The van der Waals surface area contributed by atoms with Gasteiger partial charge in [0.2, 0.25) is 4.58 Å². The van der Waals surface area contributed by atoms with Crippen molar-refractivity contribution < 1.29 is 13.9 Å². The van der Waals surface area contributed by atoms with Gasteiger partial charge in [-0.15, -0.1) is 0 Å². The maximum atomic E-state index is 16.9. The van der Waals surface area contributed by atoms with Crippen molar-refractivity contribution in [3.05, 3.63) is 48.0 Å². The fourth-order valence-corrected chi connectivity index (χ4v) is 8.29. The minimum atomic E-state index is -2.17. The molecule has 0 aliphatic carbocycles. The Morgan fingerprint density at radius 2 is 1.47 bits per heavy atom. The largest absolute Gasteiger partial charge is 0.406 e. The molecule has 0 fully saturated rings. The molecular weight excluding hydrogens is 459 g/mol. The lowest BCUT2D eigenvalue weighted by molar-refractivity contribution is -0.110. The standard InChI is InChI=1S/C25H38BrFO2Si/c1-6-18-24(28,19-7-2)25(26,27)23(29-30(8-3,9-4)10-5)22-17-13-15-20-14-11-12-16-21(20)22/h11-17,23,28H,6-10,18-19H2,1-5H3. The highest BCUT2D eigenvalue weighted by molar-refractivity contribution is 9.10. The monoisotopic (exact) mass is 496 g/mol. The molecule has 0 amide bonds. The van der Waals surface area contributed by atoms with E-state index in [0.717, 1.165) is 34.5 Å². The third-order valence-electron chi connectivity index (χ3n) is 6.68. The molecule has 30 heavy (non-hydrogen) atoms. The number of alkyl halides is 2. The van der Waals surface area contributed by atoms with Gasteiger partial charge in [-0.05, 0) is 63.2 Å². The Bertz CT molecular complexity index is 787. The molecule has 0 spiro atoms. The fourth-order valence-electron chi connectivity index (χ4n) is 4.59. The Morgan fingerprint density at radius 1 is 0.933 bits per heavy atom. The van der Waals surface area contributed by atoms with E-state index in [2.05, 4.69) is 36.7 Å². The summed E-state index contributed by atoms with van der Waals surface area (Å²) in [5.74, 6) is 0. The van der Waals surface area contributed by atoms with E-state index < -0.39 is 24.6 Å². The molecule has 2 atom stereocenters. The molecule has 2 aromatic carbocycles. The average Bonchev–Trinajstić information content (AvgIpc) is 2.75. The Balaban J connectivity index is 2.72. The third-order valence-corrected chi connectivity index (χ3v) is 12.4. The fraction of sp³-hybridized carbons (Fsp3) is 0.600. The van der Waals surface area contributed by atoms with E-state index in [1.165, 1.54) is 0 Å². The van der Waals surface area contributed by atoms with Gasteiger partial charge >= 0.3 is 0 Å². The lowest BCUT2D eigenvalue weighted by Crippen LogP contribution is -2.54. The summed E-state index contributed by atoms with van der Waals surface area (Å²) in [6, 6.07) is 16.8. The molecule has 2 aromatic rings. The van der Waals surface area contributed by atoms with Gasteiger partial charge in [0.25, 0.3) is 0 Å². The average molecular weight is 498 g/mol. The second-order valence-electron chi connectivity index (χ2n) is 8.46. The number of halogens is 2. The van der Waals surface area contributed by atoms with Crippen molar-refractivity contribution in [2.24, 2.45) is 0 Å². The van der Waals surface area contributed by atoms with Crippen molar-refractivity contribution in [2.45, 2.75) is 94.7 Å². The van der Waals surface area contributed by atoms with Crippen LogP contribution < -0.4 is 0 Å². The summed E-state index contributed by atoms with van der Waals surface area (Å²) in [5.41, 5.74) is -0.696. The van der Waals surface area contributed by atoms with E-state index in [-0.39, 0.29) is 0 Å². The van der Waals surface area contributed by atoms with Gasteiger partial charge in [-0.3, -0.25) is 0 Å². The SMILES string of the molecule is CCCC(O)(CCC)C(F)(Br)C(O[Si](CC)(CC)CC)c1cccc2ccccc12. The second kappa shape index (κ2) is 10.7. The zero-order valence-corrected chi connectivity index (χ0v) is 21.8. The maximum absolute atomic E-state index is 16.9. The van der Waals surface area contributed by atoms with Crippen LogP contribution >= 0.6 is 15.9 Å². The van der Waals surface area contributed by atoms with Crippen molar-refractivity contribution in [3.8, 4) is 0 Å². The lowest BCUT2D eigenvalue weighted by atomic mass is 9.82. The minimum absolute atomic E-state index is 0.381. The van der Waals surface area contributed by atoms with E-state index in [9.17, 15) is 5.11 Å². The first-order valence-corrected chi connectivity index (χ1v) is 14.8. The quantitative estimate of drug-likeness (QED) is 0.236. The molecule has 0 saturated carbocycles. The van der Waals surface area contributed by atoms with Gasteiger partial charge in [0, 0.05) is 0 Å². The van der Waals surface area contributed by atoms with E-state index in [1.807, 2.05) is 56.3 Å². The first kappa shape index (κ1) is 25.5. The smallest absolute Gasteiger partial charge is 0.222 e. The third kappa shape index (κ3) is 5.00. The predicted molar refractivity (Wildman–Crippen MR) is 133 cm³/mol. The van der Waals surface area contributed by atoms with Crippen LogP contribution in [0.1, 0.15) is 72.0 Å². The second-order valence-corrected chi connectivity index (χ2v) is 14.3. The first-order chi connectivity index (χ1) is 14.2.